The lowest BCUT2D eigenvalue weighted by Crippen LogP contribution is -2.21. The zero-order valence-corrected chi connectivity index (χ0v) is 9.43. The van der Waals surface area contributed by atoms with E-state index >= 15 is 0 Å². The summed E-state index contributed by atoms with van der Waals surface area (Å²) in [5.41, 5.74) is 0. The van der Waals surface area contributed by atoms with Crippen LogP contribution in [0.15, 0.2) is 0 Å². The van der Waals surface area contributed by atoms with Gasteiger partial charge in [-0.3, -0.25) is 0 Å². The molecule has 0 aliphatic heterocycles. The average molecular weight is 169 g/mol. The molecule has 0 saturated carbocycles. The van der Waals surface area contributed by atoms with Gasteiger partial charge in [-0.25, -0.2) is 0 Å². The van der Waals surface area contributed by atoms with Crippen LogP contribution in [0.3, 0.4) is 0 Å². The Morgan fingerprint density at radius 3 is 1.67 bits per heavy atom. The van der Waals surface area contributed by atoms with Gasteiger partial charge in [-0.05, 0) is 23.7 Å². The first-order valence-corrected chi connectivity index (χ1v) is 5.33. The number of hydrogen-bond acceptors (Lipinski definition) is 0. The van der Waals surface area contributed by atoms with Crippen LogP contribution in [0.1, 0.15) is 47.5 Å². The molecule has 0 spiro atoms. The molecule has 0 heterocycles. The minimum Gasteiger partial charge on any atom is -0.0651 e. The normalized spacial score (nSPS) is 21.5. The van der Waals surface area contributed by atoms with Crippen molar-refractivity contribution in [3.05, 3.63) is 6.92 Å². The first kappa shape index (κ1) is 12.0. The summed E-state index contributed by atoms with van der Waals surface area (Å²) in [6, 6.07) is 0. The van der Waals surface area contributed by atoms with Gasteiger partial charge in [0, 0.05) is 0 Å². The third-order valence-electron chi connectivity index (χ3n) is 3.72. The van der Waals surface area contributed by atoms with Crippen molar-refractivity contribution in [3.63, 3.8) is 0 Å². The number of rotatable bonds is 5. The standard InChI is InChI=1S/C12H25/c1-7-9(3)11(5)12(6)10(4)8-2/h9-12H,1,7-8H2,2-6H3. The molecule has 0 saturated heterocycles. The van der Waals surface area contributed by atoms with Gasteiger partial charge in [0.05, 0.1) is 0 Å². The van der Waals surface area contributed by atoms with Gasteiger partial charge >= 0.3 is 0 Å². The van der Waals surface area contributed by atoms with Crippen molar-refractivity contribution in [2.75, 3.05) is 0 Å². The van der Waals surface area contributed by atoms with Gasteiger partial charge in [-0.15, -0.1) is 0 Å². The van der Waals surface area contributed by atoms with Crippen LogP contribution >= 0.6 is 0 Å². The van der Waals surface area contributed by atoms with Crippen molar-refractivity contribution < 1.29 is 0 Å². The molecule has 1 radical (unpaired) electrons. The summed E-state index contributed by atoms with van der Waals surface area (Å²) in [4.78, 5) is 0. The second-order valence-corrected chi connectivity index (χ2v) is 4.37. The van der Waals surface area contributed by atoms with E-state index in [1.165, 1.54) is 6.42 Å². The predicted molar refractivity (Wildman–Crippen MR) is 56.9 cm³/mol. The van der Waals surface area contributed by atoms with Crippen LogP contribution in [-0.4, -0.2) is 0 Å². The summed E-state index contributed by atoms with van der Waals surface area (Å²) in [6.45, 7) is 15.7. The summed E-state index contributed by atoms with van der Waals surface area (Å²) >= 11 is 0. The maximum absolute atomic E-state index is 3.97. The third-order valence-corrected chi connectivity index (χ3v) is 3.72. The van der Waals surface area contributed by atoms with Gasteiger partial charge in [0.25, 0.3) is 0 Å². The molecule has 0 bridgehead atoms. The third kappa shape index (κ3) is 3.16. The summed E-state index contributed by atoms with van der Waals surface area (Å²) in [5.74, 6) is 3.28. The Bertz CT molecular complexity index is 92.6. The largest absolute Gasteiger partial charge is 0.0651 e. The van der Waals surface area contributed by atoms with Crippen molar-refractivity contribution in [1.82, 2.24) is 0 Å². The molecular weight excluding hydrogens is 144 g/mol. The van der Waals surface area contributed by atoms with Crippen LogP contribution < -0.4 is 0 Å². The molecule has 0 N–H and O–H groups in total. The molecule has 0 aromatic carbocycles. The van der Waals surface area contributed by atoms with Crippen molar-refractivity contribution in [2.24, 2.45) is 23.7 Å². The van der Waals surface area contributed by atoms with E-state index in [-0.39, 0.29) is 0 Å². The van der Waals surface area contributed by atoms with Crippen molar-refractivity contribution in [1.29, 1.82) is 0 Å². The molecule has 0 aromatic heterocycles. The lowest BCUT2D eigenvalue weighted by atomic mass is 9.77. The zero-order chi connectivity index (χ0) is 9.72. The van der Waals surface area contributed by atoms with Crippen molar-refractivity contribution >= 4 is 0 Å². The number of hydrogen-bond donors (Lipinski definition) is 0. The monoisotopic (exact) mass is 169 g/mol. The summed E-state index contributed by atoms with van der Waals surface area (Å²) in [5, 5.41) is 0. The topological polar surface area (TPSA) is 0 Å². The van der Waals surface area contributed by atoms with Gasteiger partial charge in [-0.2, -0.15) is 0 Å². The SMILES string of the molecule is [CH2]CC(C)C(C)C(C)C(C)CC. The highest BCUT2D eigenvalue weighted by molar-refractivity contribution is 4.72. The molecule has 12 heavy (non-hydrogen) atoms. The zero-order valence-electron chi connectivity index (χ0n) is 9.43. The Morgan fingerprint density at radius 2 is 1.33 bits per heavy atom. The summed E-state index contributed by atoms with van der Waals surface area (Å²) in [7, 11) is 0. The van der Waals surface area contributed by atoms with E-state index in [1.54, 1.807) is 0 Å². The first-order chi connectivity index (χ1) is 5.54. The van der Waals surface area contributed by atoms with E-state index in [1.807, 2.05) is 0 Å². The molecule has 0 aromatic rings. The van der Waals surface area contributed by atoms with E-state index in [4.69, 9.17) is 0 Å². The molecule has 0 nitrogen and oxygen atoms in total. The molecule has 4 unspecified atom stereocenters. The molecule has 0 aliphatic rings. The molecule has 4 atom stereocenters. The van der Waals surface area contributed by atoms with E-state index in [0.29, 0.717) is 0 Å². The minimum atomic E-state index is 0.772. The Morgan fingerprint density at radius 1 is 0.917 bits per heavy atom. The van der Waals surface area contributed by atoms with Crippen molar-refractivity contribution in [3.8, 4) is 0 Å². The summed E-state index contributed by atoms with van der Waals surface area (Å²) in [6.07, 6.45) is 2.37. The van der Waals surface area contributed by atoms with Gasteiger partial charge in [-0.1, -0.05) is 54.4 Å². The highest BCUT2D eigenvalue weighted by atomic mass is 14.3. The van der Waals surface area contributed by atoms with Crippen LogP contribution in [0.25, 0.3) is 0 Å². The van der Waals surface area contributed by atoms with Crippen LogP contribution in [-0.2, 0) is 0 Å². The van der Waals surface area contributed by atoms with E-state index in [0.717, 1.165) is 30.1 Å². The summed E-state index contributed by atoms with van der Waals surface area (Å²) < 4.78 is 0. The van der Waals surface area contributed by atoms with E-state index in [2.05, 4.69) is 41.5 Å². The Labute approximate surface area is 78.8 Å². The molecule has 0 amide bonds. The average Bonchev–Trinajstić information content (AvgIpc) is 2.12. The van der Waals surface area contributed by atoms with E-state index in [9.17, 15) is 0 Å². The van der Waals surface area contributed by atoms with Gasteiger partial charge in [0.15, 0.2) is 0 Å². The fourth-order valence-corrected chi connectivity index (χ4v) is 1.67. The quantitative estimate of drug-likeness (QED) is 0.579. The van der Waals surface area contributed by atoms with Crippen LogP contribution in [0, 0.1) is 30.6 Å². The molecule has 73 valence electrons. The second kappa shape index (κ2) is 5.61. The van der Waals surface area contributed by atoms with Crippen LogP contribution in [0.5, 0.6) is 0 Å². The Hall–Kier alpha value is 0. The molecule has 0 aliphatic carbocycles. The lowest BCUT2D eigenvalue weighted by molar-refractivity contribution is 0.209. The smallest absolute Gasteiger partial charge is 0.0389 e. The highest BCUT2D eigenvalue weighted by Gasteiger charge is 2.21. The van der Waals surface area contributed by atoms with Crippen LogP contribution in [0.4, 0.5) is 0 Å². The molecule has 0 rings (SSSR count). The highest BCUT2D eigenvalue weighted by Crippen LogP contribution is 2.29. The molecule has 0 fully saturated rings. The Kier molecular flexibility index (Phi) is 5.61. The molecular formula is C12H25. The fourth-order valence-electron chi connectivity index (χ4n) is 1.67. The van der Waals surface area contributed by atoms with Gasteiger partial charge < -0.3 is 0 Å². The predicted octanol–water partition coefficient (Wildman–Crippen LogP) is 4.16. The maximum Gasteiger partial charge on any atom is -0.0389 e. The van der Waals surface area contributed by atoms with Crippen molar-refractivity contribution in [2.45, 2.75) is 47.5 Å². The lowest BCUT2D eigenvalue weighted by Gasteiger charge is -2.29. The Balaban J connectivity index is 3.99. The molecule has 0 heteroatoms. The second-order valence-electron chi connectivity index (χ2n) is 4.37. The van der Waals surface area contributed by atoms with E-state index < -0.39 is 0 Å². The first-order valence-electron chi connectivity index (χ1n) is 5.33. The van der Waals surface area contributed by atoms with Crippen LogP contribution in [0.2, 0.25) is 0 Å². The minimum absolute atomic E-state index is 0.772. The maximum atomic E-state index is 3.97. The van der Waals surface area contributed by atoms with Gasteiger partial charge in [0.2, 0.25) is 0 Å². The van der Waals surface area contributed by atoms with Gasteiger partial charge in [0.1, 0.15) is 0 Å². The fraction of sp³-hybridized carbons (Fsp3) is 0.917.